The predicted octanol–water partition coefficient (Wildman–Crippen LogP) is 7.55. The number of ether oxygens (including phenoxy) is 2. The molecule has 0 heterocycles. The summed E-state index contributed by atoms with van der Waals surface area (Å²) >= 11 is 0. The summed E-state index contributed by atoms with van der Waals surface area (Å²) in [6.45, 7) is 2.75. The molecule has 2 aliphatic rings. The van der Waals surface area contributed by atoms with Crippen molar-refractivity contribution in [2.24, 2.45) is 23.7 Å². The summed E-state index contributed by atoms with van der Waals surface area (Å²) in [5.41, 5.74) is 0. The van der Waals surface area contributed by atoms with Crippen LogP contribution >= 0.6 is 0 Å². The zero-order chi connectivity index (χ0) is 20.6. The first-order valence-electron chi connectivity index (χ1n) is 11.8. The van der Waals surface area contributed by atoms with Crippen molar-refractivity contribution in [1.29, 1.82) is 0 Å². The maximum absolute atomic E-state index is 14.1. The zero-order valence-corrected chi connectivity index (χ0v) is 18.2. The Bertz CT molecular complexity index is 617. The van der Waals surface area contributed by atoms with E-state index >= 15 is 0 Å². The molecular weight excluding hydrogens is 370 g/mol. The van der Waals surface area contributed by atoms with Gasteiger partial charge in [0.2, 0.25) is 11.6 Å². The van der Waals surface area contributed by atoms with Crippen LogP contribution in [0.4, 0.5) is 8.78 Å². The van der Waals surface area contributed by atoms with Gasteiger partial charge < -0.3 is 9.47 Å². The smallest absolute Gasteiger partial charge is 0.204 e. The minimum atomic E-state index is -0.973. The van der Waals surface area contributed by atoms with Gasteiger partial charge in [0, 0.05) is 0 Å². The van der Waals surface area contributed by atoms with Gasteiger partial charge in [-0.25, -0.2) is 0 Å². The van der Waals surface area contributed by atoms with Gasteiger partial charge in [-0.3, -0.25) is 0 Å². The van der Waals surface area contributed by atoms with Gasteiger partial charge in [0.25, 0.3) is 0 Å². The van der Waals surface area contributed by atoms with Crippen LogP contribution < -0.4 is 9.47 Å². The highest BCUT2D eigenvalue weighted by Gasteiger charge is 2.31. The van der Waals surface area contributed by atoms with Gasteiger partial charge in [-0.1, -0.05) is 45.4 Å². The number of hydrogen-bond donors (Lipinski definition) is 0. The van der Waals surface area contributed by atoms with E-state index in [4.69, 9.17) is 9.47 Å². The third-order valence-corrected chi connectivity index (χ3v) is 7.37. The topological polar surface area (TPSA) is 18.5 Å². The summed E-state index contributed by atoms with van der Waals surface area (Å²) in [6, 6.07) is 2.88. The van der Waals surface area contributed by atoms with Crippen LogP contribution in [0.2, 0.25) is 0 Å². The minimum absolute atomic E-state index is 0.00758. The fourth-order valence-corrected chi connectivity index (χ4v) is 5.45. The molecule has 0 aromatic heterocycles. The van der Waals surface area contributed by atoms with E-state index in [0.29, 0.717) is 12.5 Å². The van der Waals surface area contributed by atoms with Crippen molar-refractivity contribution < 1.29 is 18.3 Å². The third-order valence-electron chi connectivity index (χ3n) is 7.37. The van der Waals surface area contributed by atoms with Crippen molar-refractivity contribution in [2.45, 2.75) is 84.0 Å². The Kier molecular flexibility index (Phi) is 8.62. The molecule has 0 amide bonds. The molecule has 4 heteroatoms. The fourth-order valence-electron chi connectivity index (χ4n) is 5.45. The van der Waals surface area contributed by atoms with E-state index < -0.39 is 11.6 Å². The van der Waals surface area contributed by atoms with E-state index in [2.05, 4.69) is 6.92 Å². The molecule has 164 valence electrons. The Labute approximate surface area is 175 Å². The van der Waals surface area contributed by atoms with Crippen LogP contribution in [-0.4, -0.2) is 13.7 Å². The third kappa shape index (κ3) is 6.08. The van der Waals surface area contributed by atoms with Crippen LogP contribution in [0.1, 0.15) is 84.0 Å². The van der Waals surface area contributed by atoms with Crippen LogP contribution in [-0.2, 0) is 0 Å². The molecule has 29 heavy (non-hydrogen) atoms. The second-order valence-corrected chi connectivity index (χ2v) is 9.26. The van der Waals surface area contributed by atoms with Crippen LogP contribution in [0.5, 0.6) is 11.5 Å². The largest absolute Gasteiger partial charge is 0.494 e. The summed E-state index contributed by atoms with van der Waals surface area (Å²) in [7, 11) is 1.33. The average molecular weight is 409 g/mol. The summed E-state index contributed by atoms with van der Waals surface area (Å²) in [6.07, 6.45) is 16.1. The van der Waals surface area contributed by atoms with Gasteiger partial charge >= 0.3 is 0 Å². The standard InChI is InChI=1S/C25H38F2O2/c1-3-4-5-6-18-7-11-20(12-8-18)21-13-9-19(10-14-21)17-29-23-16-15-22(28-2)24(26)25(23)27/h15-16,18-21H,3-14,17H2,1-2H3. The van der Waals surface area contributed by atoms with Gasteiger partial charge in [0.1, 0.15) is 0 Å². The molecule has 1 aromatic carbocycles. The van der Waals surface area contributed by atoms with E-state index in [0.717, 1.165) is 30.6 Å². The van der Waals surface area contributed by atoms with Crippen molar-refractivity contribution in [3.8, 4) is 11.5 Å². The maximum Gasteiger partial charge on any atom is 0.204 e. The lowest BCUT2D eigenvalue weighted by Gasteiger charge is -2.38. The molecule has 0 atom stereocenters. The first kappa shape index (κ1) is 22.4. The highest BCUT2D eigenvalue weighted by molar-refractivity contribution is 5.34. The molecule has 2 nitrogen and oxygen atoms in total. The molecule has 0 spiro atoms. The number of rotatable bonds is 9. The SMILES string of the molecule is CCCCCC1CCC(C2CCC(COc3ccc(OC)c(F)c3F)CC2)CC1. The Morgan fingerprint density at radius 2 is 1.34 bits per heavy atom. The first-order chi connectivity index (χ1) is 14.1. The molecule has 0 aliphatic heterocycles. The number of unbranched alkanes of at least 4 members (excludes halogenated alkanes) is 2. The fraction of sp³-hybridized carbons (Fsp3) is 0.760. The molecular formula is C25H38F2O2. The molecule has 0 N–H and O–H groups in total. The zero-order valence-electron chi connectivity index (χ0n) is 18.2. The Morgan fingerprint density at radius 3 is 1.93 bits per heavy atom. The number of halogens is 2. The van der Waals surface area contributed by atoms with Gasteiger partial charge in [-0.05, 0) is 74.3 Å². The first-order valence-corrected chi connectivity index (χ1v) is 11.8. The van der Waals surface area contributed by atoms with Crippen molar-refractivity contribution in [3.63, 3.8) is 0 Å². The van der Waals surface area contributed by atoms with Crippen LogP contribution in [0, 0.1) is 35.3 Å². The molecule has 2 fully saturated rings. The molecule has 0 unspecified atom stereocenters. The Morgan fingerprint density at radius 1 is 0.793 bits per heavy atom. The summed E-state index contributed by atoms with van der Waals surface area (Å²) in [5.74, 6) is 1.17. The van der Waals surface area contributed by atoms with E-state index in [9.17, 15) is 8.78 Å². The van der Waals surface area contributed by atoms with Crippen molar-refractivity contribution in [3.05, 3.63) is 23.8 Å². The second-order valence-electron chi connectivity index (χ2n) is 9.26. The van der Waals surface area contributed by atoms with Crippen molar-refractivity contribution >= 4 is 0 Å². The van der Waals surface area contributed by atoms with Gasteiger partial charge in [0.15, 0.2) is 11.5 Å². The Hall–Kier alpha value is -1.32. The number of benzene rings is 1. The average Bonchev–Trinajstić information content (AvgIpc) is 2.76. The van der Waals surface area contributed by atoms with E-state index in [1.165, 1.54) is 83.5 Å². The van der Waals surface area contributed by atoms with E-state index in [1.807, 2.05) is 0 Å². The quantitative estimate of drug-likeness (QED) is 0.393. The van der Waals surface area contributed by atoms with Crippen LogP contribution in [0.15, 0.2) is 12.1 Å². The molecule has 2 aliphatic carbocycles. The highest BCUT2D eigenvalue weighted by atomic mass is 19.2. The van der Waals surface area contributed by atoms with Crippen molar-refractivity contribution in [1.82, 2.24) is 0 Å². The second kappa shape index (κ2) is 11.2. The lowest BCUT2D eigenvalue weighted by molar-refractivity contribution is 0.120. The van der Waals surface area contributed by atoms with E-state index in [1.54, 1.807) is 0 Å². The lowest BCUT2D eigenvalue weighted by Crippen LogP contribution is -2.27. The van der Waals surface area contributed by atoms with Crippen molar-refractivity contribution in [2.75, 3.05) is 13.7 Å². The lowest BCUT2D eigenvalue weighted by atomic mass is 9.69. The van der Waals surface area contributed by atoms with Gasteiger partial charge in [0.05, 0.1) is 13.7 Å². The minimum Gasteiger partial charge on any atom is -0.494 e. The molecule has 3 rings (SSSR count). The molecule has 1 aromatic rings. The summed E-state index contributed by atoms with van der Waals surface area (Å²) in [4.78, 5) is 0. The molecule has 0 radical (unpaired) electrons. The Balaban J connectivity index is 1.37. The summed E-state index contributed by atoms with van der Waals surface area (Å²) in [5, 5.41) is 0. The normalized spacial score (nSPS) is 27.6. The van der Waals surface area contributed by atoms with E-state index in [-0.39, 0.29) is 11.5 Å². The van der Waals surface area contributed by atoms with Gasteiger partial charge in [-0.15, -0.1) is 0 Å². The predicted molar refractivity (Wildman–Crippen MR) is 113 cm³/mol. The number of methoxy groups -OCH3 is 1. The van der Waals surface area contributed by atoms with Crippen LogP contribution in [0.3, 0.4) is 0 Å². The number of hydrogen-bond acceptors (Lipinski definition) is 2. The maximum atomic E-state index is 14.1. The molecule has 0 saturated heterocycles. The monoisotopic (exact) mass is 408 g/mol. The molecule has 2 saturated carbocycles. The molecule has 0 bridgehead atoms. The highest BCUT2D eigenvalue weighted by Crippen LogP contribution is 2.42. The van der Waals surface area contributed by atoms with Crippen LogP contribution in [0.25, 0.3) is 0 Å². The van der Waals surface area contributed by atoms with Gasteiger partial charge in [-0.2, -0.15) is 8.78 Å². The summed E-state index contributed by atoms with van der Waals surface area (Å²) < 4.78 is 38.3.